The average molecular weight is 273 g/mol. The van der Waals surface area contributed by atoms with Crippen molar-refractivity contribution in [1.82, 2.24) is 0 Å². The van der Waals surface area contributed by atoms with Crippen LogP contribution in [0.5, 0.6) is 0 Å². The fourth-order valence-electron chi connectivity index (χ4n) is 2.16. The topological polar surface area (TPSA) is 29.1 Å². The van der Waals surface area contributed by atoms with Gasteiger partial charge in [0.2, 0.25) is 5.91 Å². The van der Waals surface area contributed by atoms with Crippen molar-refractivity contribution in [3.63, 3.8) is 0 Å². The number of rotatable bonds is 5. The molecule has 2 nitrogen and oxygen atoms in total. The Kier molecular flexibility index (Phi) is 4.74. The molecule has 100 valence electrons. The van der Waals surface area contributed by atoms with Gasteiger partial charge in [0.1, 0.15) is 0 Å². The minimum absolute atomic E-state index is 0.0676. The number of benzene rings is 1. The van der Waals surface area contributed by atoms with Gasteiger partial charge < -0.3 is 5.32 Å². The lowest BCUT2D eigenvalue weighted by Crippen LogP contribution is -2.16. The standard InChI is InChI=1S/C16H19NOS/c1-3-12-7-5-8-13(4-2)16(12)17-15(18)11-14-9-6-10-19-14/h5-10H,3-4,11H2,1-2H3,(H,17,18). The van der Waals surface area contributed by atoms with Crippen LogP contribution in [-0.4, -0.2) is 5.91 Å². The quantitative estimate of drug-likeness (QED) is 0.874. The Hall–Kier alpha value is -1.61. The van der Waals surface area contributed by atoms with E-state index in [1.54, 1.807) is 11.3 Å². The molecule has 1 N–H and O–H groups in total. The lowest BCUT2D eigenvalue weighted by molar-refractivity contribution is -0.115. The zero-order chi connectivity index (χ0) is 13.7. The Balaban J connectivity index is 2.15. The van der Waals surface area contributed by atoms with Crippen LogP contribution in [0.15, 0.2) is 35.7 Å². The molecule has 0 spiro atoms. The SMILES string of the molecule is CCc1cccc(CC)c1NC(=O)Cc1cccs1. The second-order valence-corrected chi connectivity index (χ2v) is 5.49. The molecule has 0 atom stereocenters. The molecule has 0 saturated heterocycles. The van der Waals surface area contributed by atoms with Crippen molar-refractivity contribution in [3.8, 4) is 0 Å². The summed E-state index contributed by atoms with van der Waals surface area (Å²) in [7, 11) is 0. The van der Waals surface area contributed by atoms with Gasteiger partial charge in [0, 0.05) is 10.6 Å². The van der Waals surface area contributed by atoms with E-state index >= 15 is 0 Å². The van der Waals surface area contributed by atoms with Crippen molar-refractivity contribution >= 4 is 22.9 Å². The highest BCUT2D eigenvalue weighted by atomic mass is 32.1. The van der Waals surface area contributed by atoms with E-state index in [-0.39, 0.29) is 5.91 Å². The fraction of sp³-hybridized carbons (Fsp3) is 0.312. The molecule has 1 heterocycles. The zero-order valence-corrected chi connectivity index (χ0v) is 12.2. The Morgan fingerprint density at radius 3 is 2.32 bits per heavy atom. The first-order chi connectivity index (χ1) is 9.24. The molecule has 19 heavy (non-hydrogen) atoms. The van der Waals surface area contributed by atoms with E-state index in [0.717, 1.165) is 23.4 Å². The second kappa shape index (κ2) is 6.53. The molecule has 1 aromatic heterocycles. The molecular formula is C16H19NOS. The maximum absolute atomic E-state index is 12.1. The highest BCUT2D eigenvalue weighted by Crippen LogP contribution is 2.23. The molecule has 0 saturated carbocycles. The van der Waals surface area contributed by atoms with Gasteiger partial charge in [-0.05, 0) is 35.4 Å². The molecule has 2 rings (SSSR count). The molecule has 1 aromatic carbocycles. The minimum atomic E-state index is 0.0676. The van der Waals surface area contributed by atoms with Gasteiger partial charge in [-0.2, -0.15) is 0 Å². The Morgan fingerprint density at radius 2 is 1.79 bits per heavy atom. The Bertz CT molecular complexity index is 524. The summed E-state index contributed by atoms with van der Waals surface area (Å²) in [6.45, 7) is 4.23. The normalized spacial score (nSPS) is 10.4. The number of aryl methyl sites for hydroxylation is 2. The zero-order valence-electron chi connectivity index (χ0n) is 11.4. The van der Waals surface area contributed by atoms with Crippen LogP contribution in [0, 0.1) is 0 Å². The van der Waals surface area contributed by atoms with Gasteiger partial charge in [-0.1, -0.05) is 38.1 Å². The number of para-hydroxylation sites is 1. The van der Waals surface area contributed by atoms with Crippen LogP contribution in [-0.2, 0) is 24.1 Å². The highest BCUT2D eigenvalue weighted by Gasteiger charge is 2.10. The molecular weight excluding hydrogens is 254 g/mol. The van der Waals surface area contributed by atoms with Gasteiger partial charge in [-0.25, -0.2) is 0 Å². The van der Waals surface area contributed by atoms with E-state index in [9.17, 15) is 4.79 Å². The number of carbonyl (C=O) groups is 1. The lowest BCUT2D eigenvalue weighted by atomic mass is 10.0. The van der Waals surface area contributed by atoms with Crippen molar-refractivity contribution in [2.24, 2.45) is 0 Å². The summed E-state index contributed by atoms with van der Waals surface area (Å²) in [4.78, 5) is 13.2. The van der Waals surface area contributed by atoms with Crippen LogP contribution in [0.3, 0.4) is 0 Å². The molecule has 0 radical (unpaired) electrons. The van der Waals surface area contributed by atoms with Crippen molar-refractivity contribution < 1.29 is 4.79 Å². The third-order valence-electron chi connectivity index (χ3n) is 3.18. The first kappa shape index (κ1) is 13.8. The molecule has 0 bridgehead atoms. The smallest absolute Gasteiger partial charge is 0.229 e. The number of anilines is 1. The Labute approximate surface area is 118 Å². The van der Waals surface area contributed by atoms with Crippen molar-refractivity contribution in [3.05, 3.63) is 51.7 Å². The molecule has 0 aliphatic carbocycles. The van der Waals surface area contributed by atoms with E-state index in [0.29, 0.717) is 6.42 Å². The van der Waals surface area contributed by atoms with Crippen molar-refractivity contribution in [2.45, 2.75) is 33.1 Å². The monoisotopic (exact) mass is 273 g/mol. The van der Waals surface area contributed by atoms with Gasteiger partial charge in [-0.3, -0.25) is 4.79 Å². The number of hydrogen-bond donors (Lipinski definition) is 1. The molecule has 0 aliphatic rings. The number of thiophene rings is 1. The van der Waals surface area contributed by atoms with Crippen LogP contribution in [0.2, 0.25) is 0 Å². The molecule has 0 aliphatic heterocycles. The summed E-state index contributed by atoms with van der Waals surface area (Å²) in [5, 5.41) is 5.09. The average Bonchev–Trinajstić information content (AvgIpc) is 2.91. The molecule has 0 fully saturated rings. The minimum Gasteiger partial charge on any atom is -0.325 e. The number of nitrogens with one attached hydrogen (secondary N) is 1. The van der Waals surface area contributed by atoms with Gasteiger partial charge in [0.25, 0.3) is 0 Å². The number of carbonyl (C=O) groups excluding carboxylic acids is 1. The first-order valence-electron chi connectivity index (χ1n) is 6.67. The molecule has 1 amide bonds. The van der Waals surface area contributed by atoms with Crippen LogP contribution in [0.1, 0.15) is 29.9 Å². The summed E-state index contributed by atoms with van der Waals surface area (Å²) in [6.07, 6.45) is 2.32. The third-order valence-corrected chi connectivity index (χ3v) is 4.05. The van der Waals surface area contributed by atoms with Gasteiger partial charge >= 0.3 is 0 Å². The van der Waals surface area contributed by atoms with E-state index in [2.05, 4.69) is 37.4 Å². The van der Waals surface area contributed by atoms with Crippen LogP contribution < -0.4 is 5.32 Å². The summed E-state index contributed by atoms with van der Waals surface area (Å²) in [6, 6.07) is 10.2. The largest absolute Gasteiger partial charge is 0.325 e. The van der Waals surface area contributed by atoms with Gasteiger partial charge in [0.15, 0.2) is 0 Å². The lowest BCUT2D eigenvalue weighted by Gasteiger charge is -2.14. The third kappa shape index (κ3) is 3.44. The van der Waals surface area contributed by atoms with Crippen molar-refractivity contribution in [1.29, 1.82) is 0 Å². The maximum Gasteiger partial charge on any atom is 0.229 e. The van der Waals surface area contributed by atoms with Crippen LogP contribution in [0.25, 0.3) is 0 Å². The van der Waals surface area contributed by atoms with Crippen molar-refractivity contribution in [2.75, 3.05) is 5.32 Å². The summed E-state index contributed by atoms with van der Waals surface area (Å²) in [5.41, 5.74) is 3.42. The number of hydrogen-bond acceptors (Lipinski definition) is 2. The summed E-state index contributed by atoms with van der Waals surface area (Å²) in [5.74, 6) is 0.0676. The van der Waals surface area contributed by atoms with E-state index in [1.807, 2.05) is 17.5 Å². The van der Waals surface area contributed by atoms with Gasteiger partial charge in [-0.15, -0.1) is 11.3 Å². The fourth-order valence-corrected chi connectivity index (χ4v) is 2.86. The van der Waals surface area contributed by atoms with Gasteiger partial charge in [0.05, 0.1) is 6.42 Å². The Morgan fingerprint density at radius 1 is 1.11 bits per heavy atom. The summed E-state index contributed by atoms with van der Waals surface area (Å²) < 4.78 is 0. The first-order valence-corrected chi connectivity index (χ1v) is 7.55. The second-order valence-electron chi connectivity index (χ2n) is 4.46. The maximum atomic E-state index is 12.1. The molecule has 0 unspecified atom stereocenters. The molecule has 2 aromatic rings. The van der Waals surface area contributed by atoms with E-state index in [1.165, 1.54) is 11.1 Å². The highest BCUT2D eigenvalue weighted by molar-refractivity contribution is 7.10. The van der Waals surface area contributed by atoms with E-state index < -0.39 is 0 Å². The van der Waals surface area contributed by atoms with Crippen LogP contribution >= 0.6 is 11.3 Å². The predicted molar refractivity (Wildman–Crippen MR) is 81.9 cm³/mol. The summed E-state index contributed by atoms with van der Waals surface area (Å²) >= 11 is 1.62. The number of amides is 1. The molecule has 3 heteroatoms. The van der Waals surface area contributed by atoms with E-state index in [4.69, 9.17) is 0 Å². The predicted octanol–water partition coefficient (Wildman–Crippen LogP) is 4.05. The van der Waals surface area contributed by atoms with Crippen LogP contribution in [0.4, 0.5) is 5.69 Å².